The molecule has 0 saturated heterocycles. The molecule has 2 aromatic rings. The van der Waals surface area contributed by atoms with Crippen LogP contribution in [-0.2, 0) is 11.8 Å². The van der Waals surface area contributed by atoms with Crippen molar-refractivity contribution in [3.8, 4) is 11.5 Å². The van der Waals surface area contributed by atoms with Crippen molar-refractivity contribution in [1.82, 2.24) is 25.5 Å². The number of ether oxygens (including phenoxy) is 2. The summed E-state index contributed by atoms with van der Waals surface area (Å²) >= 11 is 1.28. The molecule has 0 radical (unpaired) electrons. The summed E-state index contributed by atoms with van der Waals surface area (Å²) in [5.74, 6) is 1.72. The van der Waals surface area contributed by atoms with E-state index in [0.717, 1.165) is 11.5 Å². The molecule has 2 rings (SSSR count). The summed E-state index contributed by atoms with van der Waals surface area (Å²) in [6, 6.07) is 7.37. The van der Waals surface area contributed by atoms with Crippen LogP contribution in [0.1, 0.15) is 6.92 Å². The van der Waals surface area contributed by atoms with E-state index in [4.69, 9.17) is 9.47 Å². The number of thioether (sulfide) groups is 1. The molecule has 1 N–H and O–H groups in total. The van der Waals surface area contributed by atoms with E-state index >= 15 is 0 Å². The van der Waals surface area contributed by atoms with Gasteiger partial charge in [0.25, 0.3) is 0 Å². The first-order valence-electron chi connectivity index (χ1n) is 7.16. The van der Waals surface area contributed by atoms with Gasteiger partial charge >= 0.3 is 0 Å². The second-order valence-corrected chi connectivity index (χ2v) is 5.42. The standard InChI is InChI=1S/C14H19N5O3S/c1-3-21-11-4-6-12(7-5-11)22-9-8-15-13(20)10-23-14-16-17-18-19(14)2/h4-7H,3,8-10H2,1-2H3,(H,15,20). The fourth-order valence-corrected chi connectivity index (χ4v) is 2.36. The summed E-state index contributed by atoms with van der Waals surface area (Å²) in [5.41, 5.74) is 0. The highest BCUT2D eigenvalue weighted by molar-refractivity contribution is 7.99. The van der Waals surface area contributed by atoms with E-state index < -0.39 is 0 Å². The fourth-order valence-electron chi connectivity index (χ4n) is 1.68. The predicted molar refractivity (Wildman–Crippen MR) is 85.6 cm³/mol. The first-order chi connectivity index (χ1) is 11.2. The summed E-state index contributed by atoms with van der Waals surface area (Å²) in [5, 5.41) is 14.4. The van der Waals surface area contributed by atoms with Crippen molar-refractivity contribution in [2.45, 2.75) is 12.1 Å². The maximum atomic E-state index is 11.7. The van der Waals surface area contributed by atoms with E-state index in [2.05, 4.69) is 20.8 Å². The largest absolute Gasteiger partial charge is 0.494 e. The molecule has 0 unspecified atom stereocenters. The molecule has 8 nitrogen and oxygen atoms in total. The van der Waals surface area contributed by atoms with Gasteiger partial charge in [0.05, 0.1) is 18.9 Å². The summed E-state index contributed by atoms with van der Waals surface area (Å²) in [6.45, 7) is 3.40. The van der Waals surface area contributed by atoms with Gasteiger partial charge < -0.3 is 14.8 Å². The molecule has 0 bridgehead atoms. The number of hydrogen-bond acceptors (Lipinski definition) is 7. The number of hydrogen-bond donors (Lipinski definition) is 1. The highest BCUT2D eigenvalue weighted by atomic mass is 32.2. The number of aromatic nitrogens is 4. The van der Waals surface area contributed by atoms with Gasteiger partial charge in [-0.1, -0.05) is 11.8 Å². The molecule has 1 heterocycles. The van der Waals surface area contributed by atoms with Gasteiger partial charge in [0.2, 0.25) is 11.1 Å². The number of rotatable bonds is 9. The molecule has 0 saturated carbocycles. The van der Waals surface area contributed by atoms with Crippen molar-refractivity contribution in [1.29, 1.82) is 0 Å². The molecular formula is C14H19N5O3S. The Balaban J connectivity index is 1.61. The van der Waals surface area contributed by atoms with E-state index in [9.17, 15) is 4.79 Å². The Labute approximate surface area is 138 Å². The minimum atomic E-state index is -0.0895. The number of benzene rings is 1. The van der Waals surface area contributed by atoms with E-state index in [0.29, 0.717) is 24.9 Å². The Bertz CT molecular complexity index is 617. The molecule has 0 aliphatic carbocycles. The van der Waals surface area contributed by atoms with Crippen molar-refractivity contribution in [2.75, 3.05) is 25.5 Å². The van der Waals surface area contributed by atoms with Gasteiger partial charge in [0.1, 0.15) is 18.1 Å². The maximum absolute atomic E-state index is 11.7. The molecule has 1 amide bonds. The van der Waals surface area contributed by atoms with E-state index in [-0.39, 0.29) is 11.7 Å². The van der Waals surface area contributed by atoms with Crippen molar-refractivity contribution in [3.63, 3.8) is 0 Å². The molecule has 0 aliphatic heterocycles. The number of aryl methyl sites for hydroxylation is 1. The van der Waals surface area contributed by atoms with Gasteiger partial charge in [-0.15, -0.1) is 5.10 Å². The maximum Gasteiger partial charge on any atom is 0.230 e. The van der Waals surface area contributed by atoms with E-state index in [1.807, 2.05) is 31.2 Å². The third-order valence-corrected chi connectivity index (χ3v) is 3.75. The van der Waals surface area contributed by atoms with Gasteiger partial charge in [-0.05, 0) is 41.6 Å². The van der Waals surface area contributed by atoms with Crippen LogP contribution in [0.4, 0.5) is 0 Å². The molecule has 0 atom stereocenters. The number of carbonyl (C=O) groups is 1. The SMILES string of the molecule is CCOc1ccc(OCCNC(=O)CSc2nnnn2C)cc1. The van der Waals surface area contributed by atoms with Crippen molar-refractivity contribution in [3.05, 3.63) is 24.3 Å². The van der Waals surface area contributed by atoms with Gasteiger partial charge in [-0.25, -0.2) is 4.68 Å². The first kappa shape index (κ1) is 17.1. The smallest absolute Gasteiger partial charge is 0.230 e. The van der Waals surface area contributed by atoms with E-state index in [1.165, 1.54) is 16.4 Å². The lowest BCUT2D eigenvalue weighted by atomic mass is 10.3. The zero-order chi connectivity index (χ0) is 16.5. The third kappa shape index (κ3) is 5.78. The minimum absolute atomic E-state index is 0.0895. The molecule has 1 aromatic heterocycles. The number of amides is 1. The van der Waals surface area contributed by atoms with Gasteiger partial charge in [0.15, 0.2) is 0 Å². The normalized spacial score (nSPS) is 10.3. The first-order valence-corrected chi connectivity index (χ1v) is 8.15. The average Bonchev–Trinajstić information content (AvgIpc) is 2.96. The summed E-state index contributed by atoms with van der Waals surface area (Å²) in [6.07, 6.45) is 0. The van der Waals surface area contributed by atoms with Crippen LogP contribution >= 0.6 is 11.8 Å². The highest BCUT2D eigenvalue weighted by Crippen LogP contribution is 2.17. The van der Waals surface area contributed by atoms with Crippen molar-refractivity contribution < 1.29 is 14.3 Å². The molecular weight excluding hydrogens is 318 g/mol. The van der Waals surface area contributed by atoms with Crippen LogP contribution in [0.2, 0.25) is 0 Å². The Hall–Kier alpha value is -2.29. The number of nitrogens with one attached hydrogen (secondary N) is 1. The zero-order valence-electron chi connectivity index (χ0n) is 13.1. The van der Waals surface area contributed by atoms with Crippen LogP contribution in [0.15, 0.2) is 29.4 Å². The summed E-state index contributed by atoms with van der Waals surface area (Å²) in [7, 11) is 1.73. The Morgan fingerprint density at radius 2 is 1.96 bits per heavy atom. The predicted octanol–water partition coefficient (Wildman–Crippen LogP) is 0.896. The van der Waals surface area contributed by atoms with Crippen molar-refractivity contribution in [2.24, 2.45) is 7.05 Å². The van der Waals surface area contributed by atoms with Crippen LogP contribution in [-0.4, -0.2) is 51.6 Å². The summed E-state index contributed by atoms with van der Waals surface area (Å²) < 4.78 is 12.4. The fraction of sp³-hybridized carbons (Fsp3) is 0.429. The molecule has 1 aromatic carbocycles. The van der Waals surface area contributed by atoms with Crippen molar-refractivity contribution >= 4 is 17.7 Å². The average molecular weight is 337 g/mol. The van der Waals surface area contributed by atoms with Crippen LogP contribution < -0.4 is 14.8 Å². The quantitative estimate of drug-likeness (QED) is 0.537. The lowest BCUT2D eigenvalue weighted by molar-refractivity contribution is -0.118. The van der Waals surface area contributed by atoms with Gasteiger partial charge in [0, 0.05) is 7.05 Å². The Morgan fingerprint density at radius 1 is 1.26 bits per heavy atom. The number of nitrogens with zero attached hydrogens (tertiary/aromatic N) is 4. The zero-order valence-corrected chi connectivity index (χ0v) is 13.9. The monoisotopic (exact) mass is 337 g/mol. The van der Waals surface area contributed by atoms with Crippen LogP contribution in [0.25, 0.3) is 0 Å². The second kappa shape index (κ2) is 8.99. The van der Waals surface area contributed by atoms with Crippen LogP contribution in [0, 0.1) is 0 Å². The minimum Gasteiger partial charge on any atom is -0.494 e. The number of tetrazole rings is 1. The Kier molecular flexibility index (Phi) is 6.67. The molecule has 0 spiro atoms. The molecule has 23 heavy (non-hydrogen) atoms. The lowest BCUT2D eigenvalue weighted by Crippen LogP contribution is -2.29. The summed E-state index contributed by atoms with van der Waals surface area (Å²) in [4.78, 5) is 11.7. The highest BCUT2D eigenvalue weighted by Gasteiger charge is 2.07. The molecule has 9 heteroatoms. The second-order valence-electron chi connectivity index (χ2n) is 4.48. The topological polar surface area (TPSA) is 91.2 Å². The van der Waals surface area contributed by atoms with Gasteiger partial charge in [-0.2, -0.15) is 0 Å². The lowest BCUT2D eigenvalue weighted by Gasteiger charge is -2.08. The molecule has 0 aliphatic rings. The van der Waals surface area contributed by atoms with Crippen LogP contribution in [0.5, 0.6) is 11.5 Å². The van der Waals surface area contributed by atoms with Crippen LogP contribution in [0.3, 0.4) is 0 Å². The van der Waals surface area contributed by atoms with E-state index in [1.54, 1.807) is 7.05 Å². The Morgan fingerprint density at radius 3 is 2.57 bits per heavy atom. The van der Waals surface area contributed by atoms with Gasteiger partial charge in [-0.3, -0.25) is 4.79 Å². The number of carbonyl (C=O) groups excluding carboxylic acids is 1. The molecule has 0 fully saturated rings. The molecule has 124 valence electrons. The third-order valence-electron chi connectivity index (χ3n) is 2.74.